The summed E-state index contributed by atoms with van der Waals surface area (Å²) in [5, 5.41) is 0. The standard InChI is InChI=1S/C8H18N2O4S2/c1-15(11,12)2-3-16(13,14)10-6-7-4-8(9)5-7/h7-8,10H,2-6,9H2,1H3. The van der Waals surface area contributed by atoms with Gasteiger partial charge < -0.3 is 5.73 Å². The monoisotopic (exact) mass is 270 g/mol. The van der Waals surface area contributed by atoms with Crippen molar-refractivity contribution in [3.8, 4) is 0 Å². The quantitative estimate of drug-likeness (QED) is 0.623. The van der Waals surface area contributed by atoms with Crippen molar-refractivity contribution in [2.24, 2.45) is 11.7 Å². The summed E-state index contributed by atoms with van der Waals surface area (Å²) < 4.78 is 46.8. The summed E-state index contributed by atoms with van der Waals surface area (Å²) in [6.45, 7) is 0.361. The second-order valence-corrected chi connectivity index (χ2v) is 8.58. The van der Waals surface area contributed by atoms with Crippen LogP contribution in [0.1, 0.15) is 12.8 Å². The van der Waals surface area contributed by atoms with Gasteiger partial charge in [0.1, 0.15) is 9.84 Å². The molecule has 0 aromatic carbocycles. The van der Waals surface area contributed by atoms with E-state index < -0.39 is 19.9 Å². The number of sulfonamides is 1. The maximum atomic E-state index is 11.4. The predicted octanol–water partition coefficient (Wildman–Crippen LogP) is -1.31. The van der Waals surface area contributed by atoms with Gasteiger partial charge in [0.2, 0.25) is 10.0 Å². The lowest BCUT2D eigenvalue weighted by Gasteiger charge is -2.32. The second-order valence-electron chi connectivity index (χ2n) is 4.39. The Balaban J connectivity index is 2.29. The average molecular weight is 270 g/mol. The highest BCUT2D eigenvalue weighted by Gasteiger charge is 2.27. The molecule has 0 saturated heterocycles. The van der Waals surface area contributed by atoms with Crippen LogP contribution >= 0.6 is 0 Å². The van der Waals surface area contributed by atoms with Gasteiger partial charge in [-0.15, -0.1) is 0 Å². The van der Waals surface area contributed by atoms with Crippen LogP contribution in [0, 0.1) is 5.92 Å². The zero-order chi connectivity index (χ0) is 12.4. The second kappa shape index (κ2) is 4.99. The minimum absolute atomic E-state index is 0.186. The first-order valence-electron chi connectivity index (χ1n) is 5.08. The van der Waals surface area contributed by atoms with Gasteiger partial charge in [0.15, 0.2) is 0 Å². The molecule has 0 aromatic rings. The van der Waals surface area contributed by atoms with Crippen LogP contribution in [0.25, 0.3) is 0 Å². The molecule has 1 fully saturated rings. The van der Waals surface area contributed by atoms with Gasteiger partial charge in [-0.1, -0.05) is 0 Å². The van der Waals surface area contributed by atoms with Crippen LogP contribution in [0.4, 0.5) is 0 Å². The number of hydrogen-bond donors (Lipinski definition) is 2. The fourth-order valence-electron chi connectivity index (χ4n) is 1.53. The highest BCUT2D eigenvalue weighted by atomic mass is 32.2. The largest absolute Gasteiger partial charge is 0.328 e. The first-order chi connectivity index (χ1) is 7.18. The van der Waals surface area contributed by atoms with Crippen LogP contribution in [0.3, 0.4) is 0 Å². The number of hydrogen-bond acceptors (Lipinski definition) is 5. The molecule has 1 aliphatic carbocycles. The summed E-state index contributed by atoms with van der Waals surface area (Å²) in [5.41, 5.74) is 5.57. The molecule has 0 aliphatic heterocycles. The lowest BCUT2D eigenvalue weighted by molar-refractivity contribution is 0.267. The molecule has 16 heavy (non-hydrogen) atoms. The van der Waals surface area contributed by atoms with Crippen LogP contribution in [-0.2, 0) is 19.9 Å². The molecule has 0 amide bonds. The number of nitrogens with one attached hydrogen (secondary N) is 1. The third-order valence-electron chi connectivity index (χ3n) is 2.59. The molecule has 0 heterocycles. The number of rotatable bonds is 6. The van der Waals surface area contributed by atoms with E-state index in [1.807, 2.05) is 0 Å². The summed E-state index contributed by atoms with van der Waals surface area (Å²) in [6, 6.07) is 0.186. The fraction of sp³-hybridized carbons (Fsp3) is 1.00. The first-order valence-corrected chi connectivity index (χ1v) is 8.80. The predicted molar refractivity (Wildman–Crippen MR) is 62.2 cm³/mol. The summed E-state index contributed by atoms with van der Waals surface area (Å²) in [5.74, 6) is -0.417. The first kappa shape index (κ1) is 13.9. The van der Waals surface area contributed by atoms with Gasteiger partial charge in [-0.25, -0.2) is 21.6 Å². The van der Waals surface area contributed by atoms with Crippen LogP contribution in [0.5, 0.6) is 0 Å². The van der Waals surface area contributed by atoms with Gasteiger partial charge >= 0.3 is 0 Å². The zero-order valence-corrected chi connectivity index (χ0v) is 10.9. The summed E-state index contributed by atoms with van der Waals surface area (Å²) in [7, 11) is -6.71. The Morgan fingerprint density at radius 2 is 1.75 bits per heavy atom. The average Bonchev–Trinajstić information content (AvgIpc) is 2.07. The molecule has 1 aliphatic rings. The number of sulfone groups is 1. The normalized spacial score (nSPS) is 26.4. The van der Waals surface area contributed by atoms with E-state index in [9.17, 15) is 16.8 Å². The molecule has 0 atom stereocenters. The van der Waals surface area contributed by atoms with Gasteiger partial charge in [0.05, 0.1) is 11.5 Å². The Morgan fingerprint density at radius 1 is 1.19 bits per heavy atom. The summed E-state index contributed by atoms with van der Waals surface area (Å²) in [6.07, 6.45) is 2.68. The molecule has 1 saturated carbocycles. The van der Waals surface area contributed by atoms with Crippen LogP contribution in [0.15, 0.2) is 0 Å². The summed E-state index contributed by atoms with van der Waals surface area (Å²) in [4.78, 5) is 0. The molecule has 3 N–H and O–H groups in total. The minimum Gasteiger partial charge on any atom is -0.328 e. The maximum absolute atomic E-state index is 11.4. The fourth-order valence-corrected chi connectivity index (χ4v) is 4.25. The Hall–Kier alpha value is -0.180. The Bertz CT molecular complexity index is 423. The maximum Gasteiger partial charge on any atom is 0.212 e. The van der Waals surface area contributed by atoms with Crippen LogP contribution < -0.4 is 10.5 Å². The summed E-state index contributed by atoms with van der Waals surface area (Å²) >= 11 is 0. The van der Waals surface area contributed by atoms with Gasteiger partial charge in [0.25, 0.3) is 0 Å². The van der Waals surface area contributed by atoms with Crippen molar-refractivity contribution in [1.82, 2.24) is 4.72 Å². The van der Waals surface area contributed by atoms with E-state index in [1.165, 1.54) is 0 Å². The van der Waals surface area contributed by atoms with E-state index in [2.05, 4.69) is 4.72 Å². The molecular weight excluding hydrogens is 252 g/mol. The lowest BCUT2D eigenvalue weighted by Crippen LogP contribution is -2.43. The molecule has 0 spiro atoms. The smallest absolute Gasteiger partial charge is 0.212 e. The van der Waals surface area contributed by atoms with Crippen molar-refractivity contribution in [2.45, 2.75) is 18.9 Å². The molecule has 0 radical (unpaired) electrons. The van der Waals surface area contributed by atoms with E-state index in [4.69, 9.17) is 5.73 Å². The molecule has 0 unspecified atom stereocenters. The van der Waals surface area contributed by atoms with Crippen LogP contribution in [0.2, 0.25) is 0 Å². The third-order valence-corrected chi connectivity index (χ3v) is 5.14. The van der Waals surface area contributed by atoms with Gasteiger partial charge in [-0.2, -0.15) is 0 Å². The molecule has 6 nitrogen and oxygen atoms in total. The highest BCUT2D eigenvalue weighted by Crippen LogP contribution is 2.24. The zero-order valence-electron chi connectivity index (χ0n) is 9.22. The number of nitrogens with two attached hydrogens (primary N) is 1. The van der Waals surface area contributed by atoms with E-state index in [1.54, 1.807) is 0 Å². The lowest BCUT2D eigenvalue weighted by atomic mass is 9.81. The van der Waals surface area contributed by atoms with Gasteiger partial charge in [-0.3, -0.25) is 0 Å². The van der Waals surface area contributed by atoms with Crippen molar-refractivity contribution in [3.05, 3.63) is 0 Å². The molecule has 1 rings (SSSR count). The van der Waals surface area contributed by atoms with Crippen molar-refractivity contribution in [3.63, 3.8) is 0 Å². The Labute approximate surface area is 96.6 Å². The third kappa shape index (κ3) is 5.24. The van der Waals surface area contributed by atoms with Crippen molar-refractivity contribution in [2.75, 3.05) is 24.3 Å². The Morgan fingerprint density at radius 3 is 2.19 bits per heavy atom. The van der Waals surface area contributed by atoms with Crippen molar-refractivity contribution in [1.29, 1.82) is 0 Å². The Kier molecular flexibility index (Phi) is 4.33. The van der Waals surface area contributed by atoms with Crippen molar-refractivity contribution < 1.29 is 16.8 Å². The molecule has 96 valence electrons. The van der Waals surface area contributed by atoms with E-state index >= 15 is 0 Å². The van der Waals surface area contributed by atoms with Crippen LogP contribution in [-0.4, -0.2) is 47.2 Å². The van der Waals surface area contributed by atoms with Gasteiger partial charge in [0, 0.05) is 18.8 Å². The highest BCUT2D eigenvalue weighted by molar-refractivity contribution is 7.93. The molecule has 0 aromatic heterocycles. The van der Waals surface area contributed by atoms with E-state index in [0.29, 0.717) is 12.5 Å². The topological polar surface area (TPSA) is 106 Å². The van der Waals surface area contributed by atoms with Gasteiger partial charge in [-0.05, 0) is 18.8 Å². The SMILES string of the molecule is CS(=O)(=O)CCS(=O)(=O)NCC1CC(N)C1. The van der Waals surface area contributed by atoms with Crippen molar-refractivity contribution >= 4 is 19.9 Å². The molecule has 0 bridgehead atoms. The van der Waals surface area contributed by atoms with E-state index in [-0.39, 0.29) is 17.5 Å². The molecule has 8 heteroatoms. The molecular formula is C8H18N2O4S2. The van der Waals surface area contributed by atoms with E-state index in [0.717, 1.165) is 19.1 Å². The minimum atomic E-state index is -3.47.